The molecule has 1 aromatic carbocycles. The third kappa shape index (κ3) is 5.11. The molecule has 1 aliphatic carbocycles. The molecule has 5 rings (SSSR count). The Bertz CT molecular complexity index is 1320. The molecule has 5 nitrogen and oxygen atoms in total. The molecule has 42 heavy (non-hydrogen) atoms. The second kappa shape index (κ2) is 11.3. The molecule has 2 aromatic rings. The van der Waals surface area contributed by atoms with Crippen LogP contribution in [0.5, 0.6) is 0 Å². The van der Waals surface area contributed by atoms with Crippen LogP contribution in [0.3, 0.4) is 0 Å². The largest absolute Gasteiger partial charge is 0.437 e. The quantitative estimate of drug-likeness (QED) is 0.376. The number of carbonyl (C=O) groups excluding carboxylic acids is 2. The number of benzene rings is 1. The summed E-state index contributed by atoms with van der Waals surface area (Å²) in [4.78, 5) is 32.8. The van der Waals surface area contributed by atoms with E-state index in [9.17, 15) is 49.1 Å². The van der Waals surface area contributed by atoms with Crippen molar-refractivity contribution in [3.63, 3.8) is 0 Å². The molecule has 1 aromatic heterocycles. The van der Waals surface area contributed by atoms with Crippen molar-refractivity contribution >= 4 is 23.6 Å². The van der Waals surface area contributed by atoms with E-state index in [1.54, 1.807) is 4.90 Å². The van der Waals surface area contributed by atoms with Gasteiger partial charge in [0.15, 0.2) is 0 Å². The maximum Gasteiger partial charge on any atom is 0.437 e. The van der Waals surface area contributed by atoms with Gasteiger partial charge in [0.1, 0.15) is 11.9 Å². The van der Waals surface area contributed by atoms with Crippen LogP contribution >= 0.6 is 11.8 Å². The van der Waals surface area contributed by atoms with Gasteiger partial charge in [0.05, 0.1) is 23.7 Å². The highest BCUT2D eigenvalue weighted by Gasteiger charge is 2.74. The number of nitrogens with zero attached hydrogens (tertiary/aromatic N) is 3. The van der Waals surface area contributed by atoms with E-state index in [1.165, 1.54) is 48.0 Å². The number of pyridine rings is 1. The maximum absolute atomic E-state index is 14.8. The van der Waals surface area contributed by atoms with Crippen molar-refractivity contribution < 1.29 is 49.1 Å². The predicted molar refractivity (Wildman–Crippen MR) is 134 cm³/mol. The molecular weight excluding hydrogens is 601 g/mol. The van der Waals surface area contributed by atoms with Crippen LogP contribution in [0.2, 0.25) is 0 Å². The van der Waals surface area contributed by atoms with Crippen LogP contribution in [0.4, 0.5) is 39.5 Å². The Morgan fingerprint density at radius 1 is 0.952 bits per heavy atom. The summed E-state index contributed by atoms with van der Waals surface area (Å²) in [5, 5.41) is 0. The fourth-order valence-corrected chi connectivity index (χ4v) is 7.56. The third-order valence-electron chi connectivity index (χ3n) is 8.03. The van der Waals surface area contributed by atoms with Crippen LogP contribution in [-0.2, 0) is 26.4 Å². The van der Waals surface area contributed by atoms with Crippen molar-refractivity contribution in [1.82, 2.24) is 14.8 Å². The van der Waals surface area contributed by atoms with Gasteiger partial charge in [0.2, 0.25) is 11.8 Å². The van der Waals surface area contributed by atoms with E-state index in [-0.39, 0.29) is 49.7 Å². The molecule has 0 saturated carbocycles. The van der Waals surface area contributed by atoms with Gasteiger partial charge in [0, 0.05) is 30.6 Å². The van der Waals surface area contributed by atoms with E-state index in [0.29, 0.717) is 30.1 Å². The molecule has 15 heteroatoms. The Morgan fingerprint density at radius 3 is 2.12 bits per heavy atom. The van der Waals surface area contributed by atoms with Gasteiger partial charge >= 0.3 is 18.0 Å². The van der Waals surface area contributed by atoms with Crippen molar-refractivity contribution in [2.45, 2.75) is 71.9 Å². The normalized spacial score (nSPS) is 24.2. The first-order valence-electron chi connectivity index (χ1n) is 12.8. The van der Waals surface area contributed by atoms with Crippen LogP contribution in [0.25, 0.3) is 0 Å². The number of thioether (sulfide) groups is 1. The van der Waals surface area contributed by atoms with E-state index >= 15 is 0 Å². The van der Waals surface area contributed by atoms with Gasteiger partial charge < -0.3 is 9.80 Å². The van der Waals surface area contributed by atoms with Crippen LogP contribution in [0.15, 0.2) is 41.3 Å². The first-order valence-corrected chi connectivity index (χ1v) is 13.6. The smallest absolute Gasteiger partial charge is 0.336 e. The SMILES string of the molecule is CF.CN1C(=O)CCC1C(=O)N1CCC2(Sc3ccc(F)cc3)c3ccc(C(F)(C(F)(F)F)C(F)(F)F)nc3CCC12. The van der Waals surface area contributed by atoms with Crippen LogP contribution in [0, 0.1) is 5.82 Å². The number of aromatic nitrogens is 1. The zero-order valence-corrected chi connectivity index (χ0v) is 23.1. The molecule has 0 N–H and O–H groups in total. The summed E-state index contributed by atoms with van der Waals surface area (Å²) in [6.07, 6.45) is -11.8. The predicted octanol–water partition coefficient (Wildman–Crippen LogP) is 6.25. The minimum Gasteiger partial charge on any atom is -0.336 e. The molecular formula is C27H26F9N3O2S. The molecule has 2 amide bonds. The summed E-state index contributed by atoms with van der Waals surface area (Å²) in [7, 11) is 2.03. The lowest BCUT2D eigenvalue weighted by Gasteiger charge is -2.43. The molecule has 0 spiro atoms. The second-order valence-electron chi connectivity index (χ2n) is 10.2. The molecule has 0 radical (unpaired) electrons. The second-order valence-corrected chi connectivity index (χ2v) is 11.6. The minimum atomic E-state index is -6.30. The molecule has 230 valence electrons. The maximum atomic E-state index is 14.8. The Morgan fingerprint density at radius 2 is 1.57 bits per heavy atom. The zero-order valence-electron chi connectivity index (χ0n) is 22.3. The lowest BCUT2D eigenvalue weighted by molar-refractivity contribution is -0.350. The number of likely N-dealkylation sites (tertiary alicyclic amines) is 2. The summed E-state index contributed by atoms with van der Waals surface area (Å²) in [6.45, 7) is 0.204. The number of amides is 2. The van der Waals surface area contributed by atoms with Gasteiger partial charge in [-0.05, 0) is 61.6 Å². The third-order valence-corrected chi connectivity index (χ3v) is 9.60. The lowest BCUT2D eigenvalue weighted by atomic mass is 9.80. The average molecular weight is 628 g/mol. The molecule has 2 fully saturated rings. The Kier molecular flexibility index (Phi) is 8.57. The molecule has 3 unspecified atom stereocenters. The monoisotopic (exact) mass is 627 g/mol. The summed E-state index contributed by atoms with van der Waals surface area (Å²) < 4.78 is 117. The minimum absolute atomic E-state index is 0.103. The number of hydrogen-bond donors (Lipinski definition) is 0. The number of aryl methyl sites for hydroxylation is 1. The van der Waals surface area contributed by atoms with E-state index in [0.717, 1.165) is 6.07 Å². The van der Waals surface area contributed by atoms with Crippen LogP contribution in [0.1, 0.15) is 42.6 Å². The number of carbonyl (C=O) groups is 2. The molecule has 3 atom stereocenters. The Balaban J connectivity index is 0.00000198. The molecule has 3 aliphatic rings. The van der Waals surface area contributed by atoms with E-state index in [1.807, 2.05) is 0 Å². The molecule has 2 saturated heterocycles. The van der Waals surface area contributed by atoms with Gasteiger partial charge in [-0.25, -0.2) is 8.78 Å². The summed E-state index contributed by atoms with van der Waals surface area (Å²) in [5.41, 5.74) is -7.30. The number of alkyl halides is 8. The number of hydrogen-bond acceptors (Lipinski definition) is 4. The standard InChI is InChI=1S/C26H23F8N3O2S.CH3F/c1-36-18(8-11-21(36)38)22(39)37-13-12-23(40-15-4-2-14(27)3-5-15)16-6-9-19(35-17(16)7-10-20(23)37)24(28,25(29,30)31)26(32,33)34;1-2/h2-6,9,18,20H,7-8,10-13H2,1H3;1H3. The van der Waals surface area contributed by atoms with Gasteiger partial charge in [-0.3, -0.25) is 19.0 Å². The summed E-state index contributed by atoms with van der Waals surface area (Å²) in [6, 6.07) is 5.58. The van der Waals surface area contributed by atoms with Crippen molar-refractivity contribution in [3.05, 3.63) is 59.2 Å². The van der Waals surface area contributed by atoms with E-state index < -0.39 is 46.4 Å². The fraction of sp³-hybridized carbons (Fsp3) is 0.519. The first-order chi connectivity index (χ1) is 19.6. The van der Waals surface area contributed by atoms with Crippen LogP contribution < -0.4 is 0 Å². The van der Waals surface area contributed by atoms with E-state index in [2.05, 4.69) is 4.98 Å². The van der Waals surface area contributed by atoms with Gasteiger partial charge in [-0.2, -0.15) is 26.3 Å². The highest BCUT2D eigenvalue weighted by molar-refractivity contribution is 8.00. The highest BCUT2D eigenvalue weighted by atomic mass is 32.2. The Labute approximate surface area is 239 Å². The number of likely N-dealkylation sites (N-methyl/N-ethyl adjacent to an activating group) is 1. The van der Waals surface area contributed by atoms with Gasteiger partial charge in [-0.1, -0.05) is 6.07 Å². The fourth-order valence-electron chi connectivity index (χ4n) is 5.99. The highest BCUT2D eigenvalue weighted by Crippen LogP contribution is 2.58. The van der Waals surface area contributed by atoms with Crippen molar-refractivity contribution in [1.29, 1.82) is 0 Å². The van der Waals surface area contributed by atoms with Crippen molar-refractivity contribution in [2.24, 2.45) is 0 Å². The van der Waals surface area contributed by atoms with Gasteiger partial charge in [0.25, 0.3) is 0 Å². The zero-order chi connectivity index (χ0) is 31.3. The first kappa shape index (κ1) is 32.0. The number of rotatable bonds is 4. The number of fused-ring (bicyclic) bond motifs is 3. The van der Waals surface area contributed by atoms with Crippen molar-refractivity contribution in [3.8, 4) is 0 Å². The van der Waals surface area contributed by atoms with Crippen LogP contribution in [-0.4, -0.2) is 71.8 Å². The summed E-state index contributed by atoms with van der Waals surface area (Å²) in [5.74, 6) is -0.992. The molecule has 2 aliphatic heterocycles. The molecule has 0 bridgehead atoms. The van der Waals surface area contributed by atoms with E-state index in [4.69, 9.17) is 0 Å². The van der Waals surface area contributed by atoms with Gasteiger partial charge in [-0.15, -0.1) is 11.8 Å². The number of halogens is 9. The molecule has 3 heterocycles. The van der Waals surface area contributed by atoms with Crippen molar-refractivity contribution in [2.75, 3.05) is 20.8 Å². The lowest BCUT2D eigenvalue weighted by Crippen LogP contribution is -2.52. The summed E-state index contributed by atoms with van der Waals surface area (Å²) >= 11 is 1.20. The topological polar surface area (TPSA) is 53.5 Å². The Hall–Kier alpha value is -2.97. The average Bonchev–Trinajstić information content (AvgIpc) is 3.48.